The fraction of sp³-hybridized carbons (Fsp3) is 0.375. The average molecular weight is 633 g/mol. The first-order chi connectivity index (χ1) is 19.5. The van der Waals surface area contributed by atoms with E-state index in [1.165, 1.54) is 17.0 Å². The van der Waals surface area contributed by atoms with Gasteiger partial charge < -0.3 is 10.2 Å². The Morgan fingerprint density at radius 2 is 1.57 bits per heavy atom. The molecule has 0 saturated heterocycles. The summed E-state index contributed by atoms with van der Waals surface area (Å²) in [5.41, 5.74) is 3.03. The molecule has 7 nitrogen and oxygen atoms in total. The molecule has 0 heterocycles. The van der Waals surface area contributed by atoms with Crippen LogP contribution in [0.5, 0.6) is 0 Å². The Morgan fingerprint density at radius 1 is 0.929 bits per heavy atom. The summed E-state index contributed by atoms with van der Waals surface area (Å²) in [7, 11) is -4.16. The molecule has 3 aromatic rings. The van der Waals surface area contributed by atoms with E-state index in [0.717, 1.165) is 21.0 Å². The summed E-state index contributed by atoms with van der Waals surface area (Å²) in [5, 5.41) is 3.64. The quantitative estimate of drug-likeness (QED) is 0.265. The van der Waals surface area contributed by atoms with E-state index in [0.29, 0.717) is 27.7 Å². The molecule has 0 radical (unpaired) electrons. The van der Waals surface area contributed by atoms with Gasteiger partial charge in [-0.25, -0.2) is 8.42 Å². The smallest absolute Gasteiger partial charge is 0.264 e. The van der Waals surface area contributed by atoms with Crippen molar-refractivity contribution in [2.75, 3.05) is 10.8 Å². The SMILES string of the molecule is CC[C@@H](C(=O)NC(C)(C)C)N(Cc1ccc(Cl)c(Cl)c1)C(=O)CN(c1cccc(C)c1C)S(=O)(=O)c1ccc(C)cc1. The molecule has 0 fully saturated rings. The number of carbonyl (C=O) groups excluding carboxylic acids is 2. The summed E-state index contributed by atoms with van der Waals surface area (Å²) in [6.07, 6.45) is 0.309. The second-order valence-electron chi connectivity index (χ2n) is 11.5. The van der Waals surface area contributed by atoms with Crippen molar-refractivity contribution >= 4 is 50.7 Å². The standard InChI is InChI=1S/C32H39Cl2N3O4S/c1-8-28(31(39)35-32(5,6)7)36(19-24-14-17-26(33)27(34)18-24)30(38)20-37(29-11-9-10-22(3)23(29)4)42(40,41)25-15-12-21(2)13-16-25/h9-18,28H,8,19-20H2,1-7H3,(H,35,39)/t28-/m0/s1. The van der Waals surface area contributed by atoms with Crippen molar-refractivity contribution in [1.29, 1.82) is 0 Å². The average Bonchev–Trinajstić information content (AvgIpc) is 2.90. The minimum atomic E-state index is -4.16. The number of nitrogens with one attached hydrogen (secondary N) is 1. The molecular weight excluding hydrogens is 593 g/mol. The molecule has 3 aromatic carbocycles. The Hall–Kier alpha value is -3.07. The van der Waals surface area contributed by atoms with Crippen molar-refractivity contribution in [2.24, 2.45) is 0 Å². The third-order valence-electron chi connectivity index (χ3n) is 6.95. The molecule has 0 aliphatic heterocycles. The van der Waals surface area contributed by atoms with Crippen LogP contribution in [-0.2, 0) is 26.2 Å². The van der Waals surface area contributed by atoms with Crippen LogP contribution >= 0.6 is 23.2 Å². The maximum Gasteiger partial charge on any atom is 0.264 e. The van der Waals surface area contributed by atoms with Crippen molar-refractivity contribution in [1.82, 2.24) is 10.2 Å². The van der Waals surface area contributed by atoms with Gasteiger partial charge in [0.25, 0.3) is 10.0 Å². The predicted octanol–water partition coefficient (Wildman–Crippen LogP) is 6.84. The van der Waals surface area contributed by atoms with E-state index in [1.807, 2.05) is 54.5 Å². The maximum absolute atomic E-state index is 14.3. The van der Waals surface area contributed by atoms with E-state index in [9.17, 15) is 18.0 Å². The fourth-order valence-electron chi connectivity index (χ4n) is 4.56. The van der Waals surface area contributed by atoms with Crippen LogP contribution in [-0.4, -0.2) is 43.3 Å². The van der Waals surface area contributed by atoms with E-state index >= 15 is 0 Å². The van der Waals surface area contributed by atoms with Gasteiger partial charge in [0.05, 0.1) is 20.6 Å². The second kappa shape index (κ2) is 13.5. The maximum atomic E-state index is 14.3. The Bertz CT molecular complexity index is 1550. The Balaban J connectivity index is 2.13. The van der Waals surface area contributed by atoms with E-state index < -0.39 is 34.1 Å². The molecule has 0 bridgehead atoms. The molecule has 0 aromatic heterocycles. The molecular formula is C32H39Cl2N3O4S. The zero-order valence-corrected chi connectivity index (χ0v) is 27.5. The summed E-state index contributed by atoms with van der Waals surface area (Å²) < 4.78 is 29.4. The van der Waals surface area contributed by atoms with Crippen LogP contribution in [0.2, 0.25) is 10.0 Å². The Kier molecular flexibility index (Phi) is 10.7. The first-order valence-corrected chi connectivity index (χ1v) is 16.0. The van der Waals surface area contributed by atoms with E-state index in [4.69, 9.17) is 23.2 Å². The highest BCUT2D eigenvalue weighted by molar-refractivity contribution is 7.92. The number of hydrogen-bond acceptors (Lipinski definition) is 4. The van der Waals surface area contributed by atoms with Crippen LogP contribution in [0, 0.1) is 20.8 Å². The number of anilines is 1. The number of halogens is 2. The monoisotopic (exact) mass is 631 g/mol. The number of amides is 2. The topological polar surface area (TPSA) is 86.8 Å². The van der Waals surface area contributed by atoms with Gasteiger partial charge in [-0.3, -0.25) is 13.9 Å². The van der Waals surface area contributed by atoms with Gasteiger partial charge in [-0.15, -0.1) is 0 Å². The van der Waals surface area contributed by atoms with Crippen LogP contribution in [0.4, 0.5) is 5.69 Å². The third-order valence-corrected chi connectivity index (χ3v) is 9.47. The highest BCUT2D eigenvalue weighted by Gasteiger charge is 2.35. The van der Waals surface area contributed by atoms with Crippen LogP contribution in [0.25, 0.3) is 0 Å². The molecule has 0 saturated carbocycles. The first kappa shape index (κ1) is 33.4. The second-order valence-corrected chi connectivity index (χ2v) is 14.2. The lowest BCUT2D eigenvalue weighted by Gasteiger charge is -2.35. The van der Waals surface area contributed by atoms with Gasteiger partial charge in [-0.05, 0) is 95.0 Å². The fourth-order valence-corrected chi connectivity index (χ4v) is 6.36. The van der Waals surface area contributed by atoms with Crippen LogP contribution in [0.15, 0.2) is 65.6 Å². The Labute approximate surface area is 259 Å². The molecule has 1 N–H and O–H groups in total. The van der Waals surface area contributed by atoms with Gasteiger partial charge in [0.15, 0.2) is 0 Å². The number of rotatable bonds is 10. The zero-order valence-electron chi connectivity index (χ0n) is 25.2. The highest BCUT2D eigenvalue weighted by Crippen LogP contribution is 2.30. The van der Waals surface area contributed by atoms with Crippen molar-refractivity contribution in [3.63, 3.8) is 0 Å². The molecule has 0 aliphatic rings. The van der Waals surface area contributed by atoms with Crippen LogP contribution in [0.1, 0.15) is 56.4 Å². The summed E-state index contributed by atoms with van der Waals surface area (Å²) in [5.74, 6) is -0.869. The minimum absolute atomic E-state index is 0.0248. The van der Waals surface area contributed by atoms with Gasteiger partial charge >= 0.3 is 0 Å². The molecule has 2 amide bonds. The van der Waals surface area contributed by atoms with Crippen molar-refractivity contribution in [3.05, 3.63) is 93.0 Å². The summed E-state index contributed by atoms with van der Waals surface area (Å²) >= 11 is 12.4. The summed E-state index contributed by atoms with van der Waals surface area (Å²) in [6.45, 7) is 12.5. The molecule has 3 rings (SSSR count). The number of nitrogens with zero attached hydrogens (tertiary/aromatic N) is 2. The lowest BCUT2D eigenvalue weighted by Crippen LogP contribution is -2.55. The van der Waals surface area contributed by atoms with Gasteiger partial charge in [0.1, 0.15) is 12.6 Å². The van der Waals surface area contributed by atoms with E-state index in [-0.39, 0.29) is 17.3 Å². The summed E-state index contributed by atoms with van der Waals surface area (Å²) in [4.78, 5) is 29.2. The number of sulfonamides is 1. The molecule has 0 unspecified atom stereocenters. The van der Waals surface area contributed by atoms with Crippen molar-refractivity contribution in [3.8, 4) is 0 Å². The molecule has 0 aliphatic carbocycles. The number of hydrogen-bond donors (Lipinski definition) is 1. The van der Waals surface area contributed by atoms with Gasteiger partial charge in [-0.1, -0.05) is 66.0 Å². The van der Waals surface area contributed by atoms with E-state index in [1.54, 1.807) is 42.5 Å². The largest absolute Gasteiger partial charge is 0.350 e. The number of aryl methyl sites for hydroxylation is 2. The lowest BCUT2D eigenvalue weighted by atomic mass is 10.1. The summed E-state index contributed by atoms with van der Waals surface area (Å²) in [6, 6.07) is 16.0. The van der Waals surface area contributed by atoms with Gasteiger partial charge in [0, 0.05) is 12.1 Å². The molecule has 1 atom stereocenters. The van der Waals surface area contributed by atoms with Gasteiger partial charge in [0.2, 0.25) is 11.8 Å². The van der Waals surface area contributed by atoms with Gasteiger partial charge in [-0.2, -0.15) is 0 Å². The Morgan fingerprint density at radius 3 is 2.14 bits per heavy atom. The minimum Gasteiger partial charge on any atom is -0.350 e. The zero-order chi connectivity index (χ0) is 31.4. The molecule has 10 heteroatoms. The van der Waals surface area contributed by atoms with Crippen molar-refractivity contribution < 1.29 is 18.0 Å². The highest BCUT2D eigenvalue weighted by atomic mass is 35.5. The van der Waals surface area contributed by atoms with E-state index in [2.05, 4.69) is 5.32 Å². The van der Waals surface area contributed by atoms with Crippen molar-refractivity contribution in [2.45, 2.75) is 77.9 Å². The first-order valence-electron chi connectivity index (χ1n) is 13.8. The third kappa shape index (κ3) is 8.06. The number of carbonyl (C=O) groups is 2. The lowest BCUT2D eigenvalue weighted by molar-refractivity contribution is -0.141. The van der Waals surface area contributed by atoms with Crippen LogP contribution < -0.4 is 9.62 Å². The number of benzene rings is 3. The molecule has 42 heavy (non-hydrogen) atoms. The molecule has 0 spiro atoms. The molecule has 226 valence electrons. The predicted molar refractivity (Wildman–Crippen MR) is 171 cm³/mol. The van der Waals surface area contributed by atoms with Crippen LogP contribution in [0.3, 0.4) is 0 Å². The normalized spacial score (nSPS) is 12.5.